The highest BCUT2D eigenvalue weighted by Gasteiger charge is 2.06. The van der Waals surface area contributed by atoms with Crippen molar-refractivity contribution in [2.24, 2.45) is 0 Å². The SMILES string of the molecule is Fc1ncccc1-c1cc(Cl)cc(Br)c1. The molecule has 1 aromatic carbocycles. The van der Waals surface area contributed by atoms with E-state index in [4.69, 9.17) is 11.6 Å². The molecule has 0 saturated carbocycles. The molecule has 4 heteroatoms. The first-order valence-electron chi connectivity index (χ1n) is 4.24. The fraction of sp³-hybridized carbons (Fsp3) is 0. The third kappa shape index (κ3) is 2.36. The maximum absolute atomic E-state index is 13.4. The molecular formula is C11H6BrClFN. The molecule has 0 radical (unpaired) electrons. The second-order valence-corrected chi connectivity index (χ2v) is 4.35. The number of hydrogen-bond acceptors (Lipinski definition) is 1. The lowest BCUT2D eigenvalue weighted by Gasteiger charge is -2.03. The Bertz CT molecular complexity index is 481. The number of pyridine rings is 1. The quantitative estimate of drug-likeness (QED) is 0.712. The number of hydrogen-bond donors (Lipinski definition) is 0. The van der Waals surface area contributed by atoms with Crippen LogP contribution in [0, 0.1) is 5.95 Å². The van der Waals surface area contributed by atoms with Crippen LogP contribution < -0.4 is 0 Å². The Balaban J connectivity index is 2.59. The maximum atomic E-state index is 13.4. The maximum Gasteiger partial charge on any atom is 0.220 e. The minimum atomic E-state index is -0.494. The first kappa shape index (κ1) is 10.6. The van der Waals surface area contributed by atoms with Gasteiger partial charge >= 0.3 is 0 Å². The summed E-state index contributed by atoms with van der Waals surface area (Å²) in [4.78, 5) is 3.59. The van der Waals surface area contributed by atoms with Crippen LogP contribution in [0.25, 0.3) is 11.1 Å². The normalized spacial score (nSPS) is 10.3. The minimum Gasteiger partial charge on any atom is -0.228 e. The Morgan fingerprint density at radius 2 is 2.07 bits per heavy atom. The molecule has 2 rings (SSSR count). The highest BCUT2D eigenvalue weighted by atomic mass is 79.9. The molecule has 0 N–H and O–H groups in total. The highest BCUT2D eigenvalue weighted by Crippen LogP contribution is 2.28. The van der Waals surface area contributed by atoms with Crippen molar-refractivity contribution in [1.82, 2.24) is 4.98 Å². The number of nitrogens with zero attached hydrogens (tertiary/aromatic N) is 1. The molecule has 0 unspecified atom stereocenters. The Morgan fingerprint density at radius 1 is 1.27 bits per heavy atom. The predicted octanol–water partition coefficient (Wildman–Crippen LogP) is 4.30. The fourth-order valence-electron chi connectivity index (χ4n) is 1.31. The summed E-state index contributed by atoms with van der Waals surface area (Å²) in [6.45, 7) is 0. The van der Waals surface area contributed by atoms with E-state index < -0.39 is 5.95 Å². The monoisotopic (exact) mass is 285 g/mol. The molecule has 1 nitrogen and oxygen atoms in total. The third-order valence-corrected chi connectivity index (χ3v) is 2.61. The third-order valence-electron chi connectivity index (χ3n) is 1.93. The van der Waals surface area contributed by atoms with Crippen LogP contribution in [0.3, 0.4) is 0 Å². The molecule has 0 amide bonds. The molecule has 1 aromatic heterocycles. The molecule has 0 fully saturated rings. The van der Waals surface area contributed by atoms with Gasteiger partial charge < -0.3 is 0 Å². The van der Waals surface area contributed by atoms with Gasteiger partial charge in [-0.1, -0.05) is 27.5 Å². The fourth-order valence-corrected chi connectivity index (χ4v) is 2.17. The van der Waals surface area contributed by atoms with Crippen LogP contribution in [0.5, 0.6) is 0 Å². The van der Waals surface area contributed by atoms with E-state index in [2.05, 4.69) is 20.9 Å². The Morgan fingerprint density at radius 3 is 2.73 bits per heavy atom. The summed E-state index contributed by atoms with van der Waals surface area (Å²) in [5.74, 6) is -0.494. The van der Waals surface area contributed by atoms with Crippen molar-refractivity contribution in [1.29, 1.82) is 0 Å². The predicted molar refractivity (Wildman–Crippen MR) is 62.3 cm³/mol. The van der Waals surface area contributed by atoms with E-state index in [1.807, 2.05) is 0 Å². The molecule has 2 aromatic rings. The van der Waals surface area contributed by atoms with E-state index in [0.717, 1.165) is 4.47 Å². The van der Waals surface area contributed by atoms with Crippen molar-refractivity contribution in [3.05, 3.63) is 52.0 Å². The van der Waals surface area contributed by atoms with Crippen LogP contribution in [0.2, 0.25) is 5.02 Å². The Kier molecular flexibility index (Phi) is 3.03. The zero-order valence-electron chi connectivity index (χ0n) is 7.55. The van der Waals surface area contributed by atoms with Crippen LogP contribution in [0.1, 0.15) is 0 Å². The highest BCUT2D eigenvalue weighted by molar-refractivity contribution is 9.10. The van der Waals surface area contributed by atoms with Gasteiger partial charge in [0, 0.05) is 21.3 Å². The van der Waals surface area contributed by atoms with E-state index in [-0.39, 0.29) is 0 Å². The van der Waals surface area contributed by atoms with Gasteiger partial charge in [-0.25, -0.2) is 4.98 Å². The summed E-state index contributed by atoms with van der Waals surface area (Å²) in [6.07, 6.45) is 1.42. The lowest BCUT2D eigenvalue weighted by Crippen LogP contribution is -1.87. The van der Waals surface area contributed by atoms with E-state index in [1.165, 1.54) is 6.20 Å². The first-order valence-corrected chi connectivity index (χ1v) is 5.41. The molecule has 0 spiro atoms. The number of rotatable bonds is 1. The van der Waals surface area contributed by atoms with E-state index in [1.54, 1.807) is 30.3 Å². The lowest BCUT2D eigenvalue weighted by atomic mass is 10.1. The van der Waals surface area contributed by atoms with E-state index >= 15 is 0 Å². The van der Waals surface area contributed by atoms with Gasteiger partial charge in [-0.2, -0.15) is 4.39 Å². The molecule has 1 heterocycles. The van der Waals surface area contributed by atoms with E-state index in [9.17, 15) is 4.39 Å². The van der Waals surface area contributed by atoms with E-state index in [0.29, 0.717) is 16.1 Å². The lowest BCUT2D eigenvalue weighted by molar-refractivity contribution is 0.587. The van der Waals surface area contributed by atoms with Gasteiger partial charge in [-0.15, -0.1) is 0 Å². The first-order chi connectivity index (χ1) is 7.16. The second kappa shape index (κ2) is 4.29. The number of benzene rings is 1. The molecule has 15 heavy (non-hydrogen) atoms. The molecular weight excluding hydrogens is 280 g/mol. The van der Waals surface area contributed by atoms with Crippen LogP contribution >= 0.6 is 27.5 Å². The van der Waals surface area contributed by atoms with Crippen molar-refractivity contribution in [3.8, 4) is 11.1 Å². The zero-order chi connectivity index (χ0) is 10.8. The zero-order valence-corrected chi connectivity index (χ0v) is 9.89. The van der Waals surface area contributed by atoms with Crippen molar-refractivity contribution < 1.29 is 4.39 Å². The molecule has 76 valence electrons. The van der Waals surface area contributed by atoms with Crippen molar-refractivity contribution in [3.63, 3.8) is 0 Å². The van der Waals surface area contributed by atoms with Crippen LogP contribution in [-0.2, 0) is 0 Å². The average molecular weight is 287 g/mol. The van der Waals surface area contributed by atoms with Gasteiger partial charge in [0.25, 0.3) is 0 Å². The topological polar surface area (TPSA) is 12.9 Å². The van der Waals surface area contributed by atoms with Crippen molar-refractivity contribution in [2.75, 3.05) is 0 Å². The van der Waals surface area contributed by atoms with Crippen molar-refractivity contribution in [2.45, 2.75) is 0 Å². The van der Waals surface area contributed by atoms with Crippen molar-refractivity contribution >= 4 is 27.5 Å². The summed E-state index contributed by atoms with van der Waals surface area (Å²) in [7, 11) is 0. The second-order valence-electron chi connectivity index (χ2n) is 3.00. The van der Waals surface area contributed by atoms with Crippen LogP contribution in [-0.4, -0.2) is 4.98 Å². The van der Waals surface area contributed by atoms with Crippen LogP contribution in [0.4, 0.5) is 4.39 Å². The van der Waals surface area contributed by atoms with Gasteiger partial charge in [0.15, 0.2) is 0 Å². The summed E-state index contributed by atoms with van der Waals surface area (Å²) >= 11 is 9.19. The molecule has 0 atom stereocenters. The largest absolute Gasteiger partial charge is 0.228 e. The molecule has 0 aliphatic heterocycles. The smallest absolute Gasteiger partial charge is 0.220 e. The summed E-state index contributed by atoms with van der Waals surface area (Å²) < 4.78 is 14.2. The van der Waals surface area contributed by atoms with Gasteiger partial charge in [0.1, 0.15) is 0 Å². The summed E-state index contributed by atoms with van der Waals surface area (Å²) in [5.41, 5.74) is 1.15. The molecule has 0 aliphatic rings. The molecule has 0 aliphatic carbocycles. The number of aromatic nitrogens is 1. The standard InChI is InChI=1S/C11H6BrClFN/c12-8-4-7(5-9(13)6-8)10-2-1-3-15-11(10)14/h1-6H. The Labute approximate surface area is 100 Å². The minimum absolute atomic E-state index is 0.445. The van der Waals surface area contributed by atoms with Gasteiger partial charge in [0.2, 0.25) is 5.95 Å². The molecule has 0 saturated heterocycles. The average Bonchev–Trinajstić information content (AvgIpc) is 2.16. The Hall–Kier alpha value is -0.930. The van der Waals surface area contributed by atoms with Gasteiger partial charge in [-0.3, -0.25) is 0 Å². The van der Waals surface area contributed by atoms with Gasteiger partial charge in [-0.05, 0) is 35.9 Å². The summed E-state index contributed by atoms with van der Waals surface area (Å²) in [6, 6.07) is 8.60. The summed E-state index contributed by atoms with van der Waals surface area (Å²) in [5, 5.41) is 0.558. The van der Waals surface area contributed by atoms with Gasteiger partial charge in [0.05, 0.1) is 0 Å². The number of halogens is 3. The molecule has 0 bridgehead atoms. The van der Waals surface area contributed by atoms with Crippen LogP contribution in [0.15, 0.2) is 41.0 Å².